The molecule has 4 N–H and O–H groups in total. The zero-order valence-corrected chi connectivity index (χ0v) is 16.4. The molecule has 8 heteroatoms. The molecule has 26 heavy (non-hydrogen) atoms. The Balaban J connectivity index is 2.03. The minimum Gasteiger partial charge on any atom is -0.465 e. The predicted molar refractivity (Wildman–Crippen MR) is 105 cm³/mol. The Labute approximate surface area is 157 Å². The van der Waals surface area contributed by atoms with Crippen molar-refractivity contribution in [3.05, 3.63) is 17.1 Å². The highest BCUT2D eigenvalue weighted by Gasteiger charge is 2.42. The number of benzene rings is 1. The summed E-state index contributed by atoms with van der Waals surface area (Å²) in [6.07, 6.45) is -0.393. The van der Waals surface area contributed by atoms with Crippen molar-refractivity contribution in [2.45, 2.75) is 51.7 Å². The van der Waals surface area contributed by atoms with E-state index in [4.69, 9.17) is 5.73 Å². The van der Waals surface area contributed by atoms with E-state index >= 15 is 0 Å². The fourth-order valence-corrected chi connectivity index (χ4v) is 4.76. The van der Waals surface area contributed by atoms with E-state index in [1.54, 1.807) is 11.3 Å². The summed E-state index contributed by atoms with van der Waals surface area (Å²) < 4.78 is 1.04. The first kappa shape index (κ1) is 18.7. The maximum Gasteiger partial charge on any atom is 0.408 e. The van der Waals surface area contributed by atoms with Gasteiger partial charge in [-0.15, -0.1) is 11.3 Å². The van der Waals surface area contributed by atoms with Crippen LogP contribution in [0.3, 0.4) is 0 Å². The molecule has 0 aliphatic carbocycles. The van der Waals surface area contributed by atoms with Crippen molar-refractivity contribution in [1.82, 2.24) is 9.88 Å². The van der Waals surface area contributed by atoms with E-state index in [1.807, 2.05) is 44.7 Å². The van der Waals surface area contributed by atoms with Crippen molar-refractivity contribution in [3.63, 3.8) is 0 Å². The van der Waals surface area contributed by atoms with E-state index in [1.165, 1.54) is 4.90 Å². The summed E-state index contributed by atoms with van der Waals surface area (Å²) in [7, 11) is 0. The molecular formula is C18H26N4O3S. The molecule has 1 fully saturated rings. The number of carboxylic acid groups (broad SMARTS) is 1. The average Bonchev–Trinajstić information content (AvgIpc) is 3.08. The van der Waals surface area contributed by atoms with Crippen LogP contribution in [-0.2, 0) is 0 Å². The number of carbonyl (C=O) groups is 1. The highest BCUT2D eigenvalue weighted by Crippen LogP contribution is 2.40. The van der Waals surface area contributed by atoms with Crippen LogP contribution in [0.1, 0.15) is 32.2 Å². The molecule has 1 aromatic carbocycles. The zero-order valence-electron chi connectivity index (χ0n) is 15.6. The second-order valence-electron chi connectivity index (χ2n) is 7.78. The van der Waals surface area contributed by atoms with Crippen LogP contribution in [-0.4, -0.2) is 57.0 Å². The van der Waals surface area contributed by atoms with Gasteiger partial charge in [0.1, 0.15) is 5.52 Å². The van der Waals surface area contributed by atoms with Gasteiger partial charge in [0.25, 0.3) is 0 Å². The number of anilines is 2. The van der Waals surface area contributed by atoms with Gasteiger partial charge in [-0.2, -0.15) is 0 Å². The van der Waals surface area contributed by atoms with E-state index in [2.05, 4.69) is 4.98 Å². The molecule has 2 aromatic rings. The van der Waals surface area contributed by atoms with Crippen LogP contribution < -0.4 is 10.6 Å². The standard InChI is InChI=1S/C18H26N4O3S/c1-10-20-15-14(26-10)6-5-13(19)16(15)21-8-11(7-12(21)9-23)22(17(24)25)18(2,3)4/h5-6,11-12,23H,7-9,19H2,1-4H3,(H,24,25)/t11-,12+/m1/s1. The molecule has 0 spiro atoms. The van der Waals surface area contributed by atoms with Crippen molar-refractivity contribution in [2.24, 2.45) is 0 Å². The number of hydrogen-bond donors (Lipinski definition) is 3. The number of fused-ring (bicyclic) bond motifs is 1. The fraction of sp³-hybridized carbons (Fsp3) is 0.556. The third kappa shape index (κ3) is 3.19. The highest BCUT2D eigenvalue weighted by atomic mass is 32.1. The van der Waals surface area contributed by atoms with Crippen LogP contribution in [0.15, 0.2) is 12.1 Å². The van der Waals surface area contributed by atoms with Crippen LogP contribution in [0.4, 0.5) is 16.2 Å². The van der Waals surface area contributed by atoms with Crippen molar-refractivity contribution in [2.75, 3.05) is 23.8 Å². The smallest absolute Gasteiger partial charge is 0.408 e. The Bertz CT molecular complexity index is 830. The number of rotatable bonds is 3. The third-order valence-electron chi connectivity index (χ3n) is 4.86. The zero-order chi connectivity index (χ0) is 19.2. The van der Waals surface area contributed by atoms with Gasteiger partial charge in [0.15, 0.2) is 0 Å². The largest absolute Gasteiger partial charge is 0.465 e. The number of thiazole rings is 1. The number of nitrogen functional groups attached to an aromatic ring is 1. The van der Waals surface area contributed by atoms with Crippen LogP contribution in [0.5, 0.6) is 0 Å². The summed E-state index contributed by atoms with van der Waals surface area (Å²) >= 11 is 1.60. The number of aliphatic hydroxyl groups excluding tert-OH is 1. The maximum atomic E-state index is 11.9. The minimum absolute atomic E-state index is 0.0625. The van der Waals surface area contributed by atoms with Gasteiger partial charge in [0.05, 0.1) is 39.8 Å². The Morgan fingerprint density at radius 1 is 1.46 bits per heavy atom. The van der Waals surface area contributed by atoms with E-state index in [0.717, 1.165) is 20.9 Å². The molecule has 3 rings (SSSR count). The molecule has 1 amide bonds. The molecule has 0 radical (unpaired) electrons. The minimum atomic E-state index is -0.947. The number of hydrogen-bond acceptors (Lipinski definition) is 6. The topological polar surface area (TPSA) is 103 Å². The molecule has 1 aliphatic rings. The lowest BCUT2D eigenvalue weighted by Gasteiger charge is -2.38. The molecular weight excluding hydrogens is 352 g/mol. The van der Waals surface area contributed by atoms with Gasteiger partial charge in [-0.3, -0.25) is 4.90 Å². The van der Waals surface area contributed by atoms with Crippen molar-refractivity contribution >= 4 is 39.0 Å². The molecule has 1 aliphatic heterocycles. The molecule has 0 bridgehead atoms. The number of aryl methyl sites for hydroxylation is 1. The number of nitrogens with zero attached hydrogens (tertiary/aromatic N) is 3. The molecule has 1 aromatic heterocycles. The first-order chi connectivity index (χ1) is 12.1. The van der Waals surface area contributed by atoms with Crippen LogP contribution in [0.25, 0.3) is 10.2 Å². The van der Waals surface area contributed by atoms with Gasteiger partial charge in [-0.05, 0) is 46.2 Å². The molecule has 2 heterocycles. The Hall–Kier alpha value is -2.06. The number of aromatic nitrogens is 1. The number of aliphatic hydroxyl groups is 1. The van der Waals surface area contributed by atoms with E-state index in [0.29, 0.717) is 18.7 Å². The third-order valence-corrected chi connectivity index (χ3v) is 5.79. The lowest BCUT2D eigenvalue weighted by atomic mass is 10.0. The molecule has 2 atom stereocenters. The highest BCUT2D eigenvalue weighted by molar-refractivity contribution is 7.18. The summed E-state index contributed by atoms with van der Waals surface area (Å²) in [5.74, 6) is 0. The molecule has 142 valence electrons. The summed E-state index contributed by atoms with van der Waals surface area (Å²) in [5.41, 5.74) is 7.96. The Kier molecular flexibility index (Phi) is 4.74. The quantitative estimate of drug-likeness (QED) is 0.710. The molecule has 0 saturated carbocycles. The van der Waals surface area contributed by atoms with E-state index < -0.39 is 11.6 Å². The number of amides is 1. The van der Waals surface area contributed by atoms with Gasteiger partial charge in [-0.25, -0.2) is 9.78 Å². The number of nitrogens with two attached hydrogens (primary N) is 1. The predicted octanol–water partition coefficient (Wildman–Crippen LogP) is 2.91. The monoisotopic (exact) mass is 378 g/mol. The Morgan fingerprint density at radius 2 is 2.15 bits per heavy atom. The first-order valence-corrected chi connectivity index (χ1v) is 9.50. The summed E-state index contributed by atoms with van der Waals surface area (Å²) in [6.45, 7) is 8.03. The van der Waals surface area contributed by atoms with Crippen molar-refractivity contribution in [3.8, 4) is 0 Å². The van der Waals surface area contributed by atoms with Crippen LogP contribution >= 0.6 is 11.3 Å². The SMILES string of the molecule is Cc1nc2c(N3C[C@H](N(C(=O)O)C(C)(C)C)C[C@H]3CO)c(N)ccc2s1. The summed E-state index contributed by atoms with van der Waals surface area (Å²) in [6, 6.07) is 3.40. The lowest BCUT2D eigenvalue weighted by Crippen LogP contribution is -2.52. The van der Waals surface area contributed by atoms with Gasteiger partial charge < -0.3 is 20.8 Å². The van der Waals surface area contributed by atoms with Crippen molar-refractivity contribution in [1.29, 1.82) is 0 Å². The first-order valence-electron chi connectivity index (χ1n) is 8.69. The van der Waals surface area contributed by atoms with Crippen molar-refractivity contribution < 1.29 is 15.0 Å². The average molecular weight is 378 g/mol. The van der Waals surface area contributed by atoms with Gasteiger partial charge in [0.2, 0.25) is 0 Å². The molecule has 0 unspecified atom stereocenters. The fourth-order valence-electron chi connectivity index (χ4n) is 3.93. The molecule has 1 saturated heterocycles. The second-order valence-corrected chi connectivity index (χ2v) is 9.02. The van der Waals surface area contributed by atoms with Crippen LogP contribution in [0, 0.1) is 6.92 Å². The Morgan fingerprint density at radius 3 is 2.73 bits per heavy atom. The normalized spacial score (nSPS) is 20.7. The van der Waals surface area contributed by atoms with Gasteiger partial charge in [0, 0.05) is 12.1 Å². The molecule has 7 nitrogen and oxygen atoms in total. The summed E-state index contributed by atoms with van der Waals surface area (Å²) in [5, 5.41) is 20.6. The van der Waals surface area contributed by atoms with E-state index in [-0.39, 0.29) is 18.7 Å². The maximum absolute atomic E-state index is 11.9. The van der Waals surface area contributed by atoms with Gasteiger partial charge in [-0.1, -0.05) is 0 Å². The van der Waals surface area contributed by atoms with E-state index in [9.17, 15) is 15.0 Å². The lowest BCUT2D eigenvalue weighted by molar-refractivity contribution is 0.0745. The summed E-state index contributed by atoms with van der Waals surface area (Å²) in [4.78, 5) is 20.0. The van der Waals surface area contributed by atoms with Crippen LogP contribution in [0.2, 0.25) is 0 Å². The van der Waals surface area contributed by atoms with Gasteiger partial charge >= 0.3 is 6.09 Å². The second kappa shape index (κ2) is 6.59.